The van der Waals surface area contributed by atoms with Crippen LogP contribution in [0.5, 0.6) is 0 Å². The van der Waals surface area contributed by atoms with Crippen LogP contribution in [0.25, 0.3) is 6.08 Å². The van der Waals surface area contributed by atoms with E-state index in [1.54, 1.807) is 6.21 Å². The number of nitrogens with one attached hydrogen (secondary N) is 1. The second kappa shape index (κ2) is 7.88. The van der Waals surface area contributed by atoms with E-state index in [9.17, 15) is 9.59 Å². The predicted octanol–water partition coefficient (Wildman–Crippen LogP) is 1.04. The fourth-order valence-corrected chi connectivity index (χ4v) is 1.95. The van der Waals surface area contributed by atoms with Gasteiger partial charge in [0.2, 0.25) is 11.9 Å². The van der Waals surface area contributed by atoms with Gasteiger partial charge >= 0.3 is 5.97 Å². The second-order valence-corrected chi connectivity index (χ2v) is 4.95. The molecule has 0 radical (unpaired) electrons. The van der Waals surface area contributed by atoms with Gasteiger partial charge < -0.3 is 9.64 Å². The van der Waals surface area contributed by atoms with Gasteiger partial charge in [-0.2, -0.15) is 5.10 Å². The average Bonchev–Trinajstić information content (AvgIpc) is 2.87. The lowest BCUT2D eigenvalue weighted by molar-refractivity contribution is -0.140. The van der Waals surface area contributed by atoms with E-state index < -0.39 is 5.97 Å². The van der Waals surface area contributed by atoms with Gasteiger partial charge in [-0.15, -0.1) is 5.10 Å². The summed E-state index contributed by atoms with van der Waals surface area (Å²) >= 11 is 0. The quantitative estimate of drug-likeness (QED) is 0.500. The third kappa shape index (κ3) is 5.06. The molecule has 23 heavy (non-hydrogen) atoms. The molecule has 1 N–H and O–H groups in total. The highest BCUT2D eigenvalue weighted by Crippen LogP contribution is 2.05. The van der Waals surface area contributed by atoms with E-state index in [0.717, 1.165) is 11.1 Å². The molecule has 0 spiro atoms. The van der Waals surface area contributed by atoms with E-state index >= 15 is 0 Å². The van der Waals surface area contributed by atoms with Gasteiger partial charge in [-0.1, -0.05) is 36.4 Å². The zero-order valence-corrected chi connectivity index (χ0v) is 13.0. The van der Waals surface area contributed by atoms with Crippen molar-refractivity contribution in [3.8, 4) is 0 Å². The first-order valence-corrected chi connectivity index (χ1v) is 7.04. The van der Waals surface area contributed by atoms with E-state index in [1.165, 1.54) is 12.0 Å². The molecule has 1 aromatic carbocycles. The Hall–Kier alpha value is -2.96. The third-order valence-corrected chi connectivity index (χ3v) is 3.04. The van der Waals surface area contributed by atoms with Gasteiger partial charge in [0, 0.05) is 0 Å². The van der Waals surface area contributed by atoms with E-state index in [1.807, 2.05) is 43.3 Å². The number of methoxy groups -OCH3 is 1. The van der Waals surface area contributed by atoms with Crippen LogP contribution >= 0.6 is 0 Å². The number of benzene rings is 1. The second-order valence-electron chi connectivity index (χ2n) is 4.95. The lowest BCUT2D eigenvalue weighted by atomic mass is 10.1. The number of ether oxygens (including phenoxy) is 1. The molecule has 0 aromatic heterocycles. The first-order chi connectivity index (χ1) is 11.1. The molecule has 7 heteroatoms. The summed E-state index contributed by atoms with van der Waals surface area (Å²) in [6.45, 7) is 1.90. The van der Waals surface area contributed by atoms with Gasteiger partial charge in [0.05, 0.1) is 13.3 Å². The van der Waals surface area contributed by atoms with Crippen LogP contribution in [-0.2, 0) is 14.3 Å². The van der Waals surface area contributed by atoms with Gasteiger partial charge in [0.1, 0.15) is 13.1 Å². The van der Waals surface area contributed by atoms with Crippen molar-refractivity contribution in [2.24, 2.45) is 10.2 Å². The molecule has 1 saturated heterocycles. The molecule has 1 aliphatic rings. The summed E-state index contributed by atoms with van der Waals surface area (Å²) in [5.41, 5.74) is 1.97. The van der Waals surface area contributed by atoms with Gasteiger partial charge in [0.25, 0.3) is 0 Å². The van der Waals surface area contributed by atoms with E-state index in [0.29, 0.717) is 0 Å². The van der Waals surface area contributed by atoms with Crippen molar-refractivity contribution in [2.75, 3.05) is 20.2 Å². The van der Waals surface area contributed by atoms with Gasteiger partial charge in [-0.25, -0.2) is 0 Å². The SMILES string of the molecule is COC(=O)CN1CC(=O)NC1=NN=CC(C)=Cc1ccccc1. The summed E-state index contributed by atoms with van der Waals surface area (Å²) < 4.78 is 4.58. The monoisotopic (exact) mass is 314 g/mol. The highest BCUT2D eigenvalue weighted by molar-refractivity contribution is 6.05. The fourth-order valence-electron chi connectivity index (χ4n) is 1.95. The van der Waals surface area contributed by atoms with Crippen LogP contribution in [0.1, 0.15) is 12.5 Å². The first-order valence-electron chi connectivity index (χ1n) is 7.04. The summed E-state index contributed by atoms with van der Waals surface area (Å²) in [4.78, 5) is 24.2. The van der Waals surface area contributed by atoms with Crippen LogP contribution in [0.3, 0.4) is 0 Å². The van der Waals surface area contributed by atoms with E-state index in [2.05, 4.69) is 20.3 Å². The summed E-state index contributed by atoms with van der Waals surface area (Å²) in [5.74, 6) is -0.443. The minimum absolute atomic E-state index is 0.0531. The number of esters is 1. The van der Waals surface area contributed by atoms with Crippen molar-refractivity contribution >= 4 is 30.1 Å². The number of rotatable bonds is 5. The lowest BCUT2D eigenvalue weighted by Crippen LogP contribution is -2.34. The number of carbonyl (C=O) groups is 2. The minimum atomic E-state index is -0.446. The molecule has 0 unspecified atom stereocenters. The average molecular weight is 314 g/mol. The van der Waals surface area contributed by atoms with Crippen LogP contribution in [0.2, 0.25) is 0 Å². The molecule has 1 heterocycles. The summed E-state index contributed by atoms with van der Waals surface area (Å²) in [6, 6.07) is 9.83. The largest absolute Gasteiger partial charge is 0.468 e. The Balaban J connectivity index is 2.03. The topological polar surface area (TPSA) is 83.4 Å². The lowest BCUT2D eigenvalue weighted by Gasteiger charge is -2.13. The predicted molar refractivity (Wildman–Crippen MR) is 87.8 cm³/mol. The van der Waals surface area contributed by atoms with Crippen molar-refractivity contribution < 1.29 is 14.3 Å². The molecule has 1 amide bonds. The standard InChI is InChI=1S/C16H18N4O3/c1-12(8-13-6-4-3-5-7-13)9-17-19-16-18-14(21)10-20(16)11-15(22)23-2/h3-9H,10-11H2,1-2H3,(H,18,19,21). The summed E-state index contributed by atoms with van der Waals surface area (Å²) in [5, 5.41) is 10.5. The number of hydrogen-bond donors (Lipinski definition) is 1. The zero-order chi connectivity index (χ0) is 16.7. The Kier molecular flexibility index (Phi) is 5.62. The fraction of sp³-hybridized carbons (Fsp3) is 0.250. The molecule has 1 fully saturated rings. The smallest absolute Gasteiger partial charge is 0.325 e. The maximum Gasteiger partial charge on any atom is 0.325 e. The van der Waals surface area contributed by atoms with E-state index in [4.69, 9.17) is 0 Å². The Bertz CT molecular complexity index is 665. The molecule has 1 aromatic rings. The molecule has 0 bridgehead atoms. The van der Waals surface area contributed by atoms with Crippen LogP contribution < -0.4 is 5.32 Å². The van der Waals surface area contributed by atoms with Gasteiger partial charge in [-0.05, 0) is 18.1 Å². The number of carbonyl (C=O) groups excluding carboxylic acids is 2. The number of amides is 1. The maximum absolute atomic E-state index is 11.4. The van der Waals surface area contributed by atoms with Crippen molar-refractivity contribution in [3.63, 3.8) is 0 Å². The number of allylic oxidation sites excluding steroid dienone is 1. The number of guanidine groups is 1. The first kappa shape index (κ1) is 16.4. The molecular weight excluding hydrogens is 296 g/mol. The van der Waals surface area contributed by atoms with Crippen molar-refractivity contribution in [1.82, 2.24) is 10.2 Å². The van der Waals surface area contributed by atoms with Crippen LogP contribution in [-0.4, -0.2) is 49.1 Å². The Morgan fingerprint density at radius 1 is 1.39 bits per heavy atom. The maximum atomic E-state index is 11.4. The molecule has 0 aliphatic carbocycles. The molecule has 2 rings (SSSR count). The van der Waals surface area contributed by atoms with Gasteiger partial charge in [0.15, 0.2) is 0 Å². The van der Waals surface area contributed by atoms with Crippen LogP contribution in [0.15, 0.2) is 46.1 Å². The highest BCUT2D eigenvalue weighted by Gasteiger charge is 2.27. The van der Waals surface area contributed by atoms with E-state index in [-0.39, 0.29) is 25.0 Å². The molecule has 0 saturated carbocycles. The Labute approximate surface area is 134 Å². The zero-order valence-electron chi connectivity index (χ0n) is 13.0. The number of nitrogens with zero attached hydrogens (tertiary/aromatic N) is 3. The molecule has 0 atom stereocenters. The van der Waals surface area contributed by atoms with Crippen molar-refractivity contribution in [3.05, 3.63) is 41.5 Å². The van der Waals surface area contributed by atoms with Crippen LogP contribution in [0.4, 0.5) is 0 Å². The van der Waals surface area contributed by atoms with Crippen molar-refractivity contribution in [2.45, 2.75) is 6.92 Å². The normalized spacial score (nSPS) is 17.0. The summed E-state index contributed by atoms with van der Waals surface area (Å²) in [6.07, 6.45) is 3.55. The highest BCUT2D eigenvalue weighted by atomic mass is 16.5. The molecule has 1 aliphatic heterocycles. The van der Waals surface area contributed by atoms with Crippen molar-refractivity contribution in [1.29, 1.82) is 0 Å². The minimum Gasteiger partial charge on any atom is -0.468 e. The number of hydrogen-bond acceptors (Lipinski definition) is 5. The Morgan fingerprint density at radius 2 is 2.13 bits per heavy atom. The van der Waals surface area contributed by atoms with Crippen LogP contribution in [0, 0.1) is 0 Å². The molecule has 7 nitrogen and oxygen atoms in total. The molecular formula is C16H18N4O3. The summed E-state index contributed by atoms with van der Waals surface area (Å²) in [7, 11) is 1.29. The third-order valence-electron chi connectivity index (χ3n) is 3.04. The Morgan fingerprint density at radius 3 is 2.83 bits per heavy atom. The van der Waals surface area contributed by atoms with Gasteiger partial charge in [-0.3, -0.25) is 14.9 Å². The molecule has 120 valence electrons.